The largest absolute Gasteiger partial charge is 0.497 e. The highest BCUT2D eigenvalue weighted by Gasteiger charge is 2.21. The summed E-state index contributed by atoms with van der Waals surface area (Å²) in [5.41, 5.74) is 1.11. The lowest BCUT2D eigenvalue weighted by Crippen LogP contribution is -2.52. The highest BCUT2D eigenvalue weighted by atomic mass is 35.5. The van der Waals surface area contributed by atoms with E-state index in [9.17, 15) is 4.79 Å². The molecule has 1 aliphatic rings. The third-order valence-electron chi connectivity index (χ3n) is 3.98. The number of nitrogens with zero attached hydrogens (tertiary/aromatic N) is 2. The molecule has 1 amide bonds. The molecule has 1 aliphatic heterocycles. The molecule has 1 aromatic carbocycles. The number of ether oxygens (including phenoxy) is 1. The smallest absolute Gasteiger partial charge is 0.236 e. The Labute approximate surface area is 139 Å². The Morgan fingerprint density at radius 1 is 1.41 bits per heavy atom. The number of hydrogen-bond donors (Lipinski definition) is 1. The van der Waals surface area contributed by atoms with E-state index >= 15 is 0 Å². The van der Waals surface area contributed by atoms with E-state index in [0.717, 1.165) is 30.9 Å². The molecule has 1 aromatic rings. The van der Waals surface area contributed by atoms with E-state index in [1.807, 2.05) is 31.3 Å². The molecule has 0 saturated carbocycles. The Morgan fingerprint density at radius 2 is 2.09 bits per heavy atom. The highest BCUT2D eigenvalue weighted by molar-refractivity contribution is 5.85. The second-order valence-electron chi connectivity index (χ2n) is 5.62. The minimum atomic E-state index is 0. The monoisotopic (exact) mass is 327 g/mol. The maximum atomic E-state index is 12.3. The van der Waals surface area contributed by atoms with Crippen molar-refractivity contribution in [1.29, 1.82) is 0 Å². The molecule has 6 heteroatoms. The molecule has 1 heterocycles. The lowest BCUT2D eigenvalue weighted by atomic mass is 10.2. The SMILES string of the molecule is COc1ccc(CN(C)C(=O)CN2CCNC[C@@H]2C)cc1.Cl. The molecule has 22 heavy (non-hydrogen) atoms. The van der Waals surface area contributed by atoms with Gasteiger partial charge in [0.25, 0.3) is 0 Å². The molecule has 0 unspecified atom stereocenters. The number of piperazine rings is 1. The average Bonchev–Trinajstić information content (AvgIpc) is 2.50. The van der Waals surface area contributed by atoms with Crippen LogP contribution in [-0.2, 0) is 11.3 Å². The first-order valence-corrected chi connectivity index (χ1v) is 7.42. The Morgan fingerprint density at radius 3 is 2.68 bits per heavy atom. The molecule has 0 spiro atoms. The van der Waals surface area contributed by atoms with E-state index in [1.54, 1.807) is 12.0 Å². The van der Waals surface area contributed by atoms with E-state index < -0.39 is 0 Å². The summed E-state index contributed by atoms with van der Waals surface area (Å²) in [5, 5.41) is 3.34. The van der Waals surface area contributed by atoms with Gasteiger partial charge in [-0.25, -0.2) is 0 Å². The van der Waals surface area contributed by atoms with Crippen LogP contribution in [0.5, 0.6) is 5.75 Å². The summed E-state index contributed by atoms with van der Waals surface area (Å²) in [6.45, 7) is 6.13. The van der Waals surface area contributed by atoms with E-state index in [1.165, 1.54) is 0 Å². The lowest BCUT2D eigenvalue weighted by molar-refractivity contribution is -0.132. The zero-order chi connectivity index (χ0) is 15.2. The van der Waals surface area contributed by atoms with E-state index in [4.69, 9.17) is 4.74 Å². The molecule has 5 nitrogen and oxygen atoms in total. The van der Waals surface area contributed by atoms with E-state index in [-0.39, 0.29) is 18.3 Å². The van der Waals surface area contributed by atoms with Gasteiger partial charge in [-0.3, -0.25) is 9.69 Å². The van der Waals surface area contributed by atoms with Crippen molar-refractivity contribution in [1.82, 2.24) is 15.1 Å². The first-order valence-electron chi connectivity index (χ1n) is 7.42. The quantitative estimate of drug-likeness (QED) is 0.887. The summed E-state index contributed by atoms with van der Waals surface area (Å²) in [4.78, 5) is 16.4. The molecule has 1 fully saturated rings. The first-order chi connectivity index (χ1) is 10.1. The van der Waals surface area contributed by atoms with Crippen LogP contribution in [0.4, 0.5) is 0 Å². The number of rotatable bonds is 5. The predicted molar refractivity (Wildman–Crippen MR) is 90.6 cm³/mol. The summed E-state index contributed by atoms with van der Waals surface area (Å²) >= 11 is 0. The van der Waals surface area contributed by atoms with Gasteiger partial charge in [0, 0.05) is 39.3 Å². The van der Waals surface area contributed by atoms with Crippen molar-refractivity contribution in [2.75, 3.05) is 40.3 Å². The van der Waals surface area contributed by atoms with Crippen molar-refractivity contribution in [3.8, 4) is 5.75 Å². The van der Waals surface area contributed by atoms with Gasteiger partial charge < -0.3 is 15.0 Å². The van der Waals surface area contributed by atoms with Gasteiger partial charge in [0.2, 0.25) is 5.91 Å². The van der Waals surface area contributed by atoms with Crippen LogP contribution in [0.25, 0.3) is 0 Å². The van der Waals surface area contributed by atoms with Gasteiger partial charge in [-0.15, -0.1) is 12.4 Å². The standard InChI is InChI=1S/C16H25N3O2.ClH/c1-13-10-17-8-9-19(13)12-16(20)18(2)11-14-4-6-15(21-3)7-5-14;/h4-7,13,17H,8-12H2,1-3H3;1H/t13-;/m0./s1. The van der Waals surface area contributed by atoms with Gasteiger partial charge in [0.1, 0.15) is 5.75 Å². The van der Waals surface area contributed by atoms with Crippen molar-refractivity contribution in [2.45, 2.75) is 19.5 Å². The predicted octanol–water partition coefficient (Wildman–Crippen LogP) is 1.37. The van der Waals surface area contributed by atoms with Crippen molar-refractivity contribution < 1.29 is 9.53 Å². The van der Waals surface area contributed by atoms with Crippen molar-refractivity contribution in [2.24, 2.45) is 0 Å². The summed E-state index contributed by atoms with van der Waals surface area (Å²) in [6, 6.07) is 8.25. The number of methoxy groups -OCH3 is 1. The van der Waals surface area contributed by atoms with Crippen LogP contribution in [0.2, 0.25) is 0 Å². The Hall–Kier alpha value is -1.30. The fraction of sp³-hybridized carbons (Fsp3) is 0.562. The number of likely N-dealkylation sites (N-methyl/N-ethyl adjacent to an activating group) is 1. The average molecular weight is 328 g/mol. The Balaban J connectivity index is 0.00000242. The van der Waals surface area contributed by atoms with Crippen LogP contribution in [0, 0.1) is 0 Å². The fourth-order valence-electron chi connectivity index (χ4n) is 2.51. The fourth-order valence-corrected chi connectivity index (χ4v) is 2.51. The number of amides is 1. The normalized spacial score (nSPS) is 18.4. The molecule has 0 aliphatic carbocycles. The van der Waals surface area contributed by atoms with Gasteiger partial charge in [0.15, 0.2) is 0 Å². The zero-order valence-electron chi connectivity index (χ0n) is 13.5. The molecule has 0 radical (unpaired) electrons. The lowest BCUT2D eigenvalue weighted by Gasteiger charge is -2.34. The Kier molecular flexibility index (Phi) is 7.65. The van der Waals surface area contributed by atoms with Gasteiger partial charge in [-0.05, 0) is 24.6 Å². The summed E-state index contributed by atoms with van der Waals surface area (Å²) in [5.74, 6) is 1.00. The molecule has 0 bridgehead atoms. The van der Waals surface area contributed by atoms with E-state index in [0.29, 0.717) is 19.1 Å². The number of carbonyl (C=O) groups excluding carboxylic acids is 1. The number of benzene rings is 1. The first kappa shape index (κ1) is 18.7. The van der Waals surface area contributed by atoms with Crippen LogP contribution in [0.1, 0.15) is 12.5 Å². The second kappa shape index (κ2) is 8.98. The van der Waals surface area contributed by atoms with Gasteiger partial charge in [-0.1, -0.05) is 12.1 Å². The third kappa shape index (κ3) is 5.16. The molecular weight excluding hydrogens is 302 g/mol. The molecule has 2 rings (SSSR count). The number of halogens is 1. The van der Waals surface area contributed by atoms with Crippen LogP contribution < -0.4 is 10.1 Å². The molecule has 1 N–H and O–H groups in total. The summed E-state index contributed by atoms with van der Waals surface area (Å²) in [7, 11) is 3.51. The zero-order valence-corrected chi connectivity index (χ0v) is 14.4. The number of nitrogens with one attached hydrogen (secondary N) is 1. The van der Waals surface area contributed by atoms with Gasteiger partial charge in [0.05, 0.1) is 13.7 Å². The van der Waals surface area contributed by atoms with E-state index in [2.05, 4.69) is 17.1 Å². The minimum absolute atomic E-state index is 0. The Bertz CT molecular complexity index is 467. The molecular formula is C16H26ClN3O2. The van der Waals surface area contributed by atoms with Crippen molar-refractivity contribution in [3.05, 3.63) is 29.8 Å². The van der Waals surface area contributed by atoms with Crippen molar-refractivity contribution >= 4 is 18.3 Å². The third-order valence-corrected chi connectivity index (χ3v) is 3.98. The number of carbonyl (C=O) groups is 1. The second-order valence-corrected chi connectivity index (χ2v) is 5.62. The number of hydrogen-bond acceptors (Lipinski definition) is 4. The van der Waals surface area contributed by atoms with Gasteiger partial charge >= 0.3 is 0 Å². The van der Waals surface area contributed by atoms with Crippen molar-refractivity contribution in [3.63, 3.8) is 0 Å². The minimum Gasteiger partial charge on any atom is -0.497 e. The highest BCUT2D eigenvalue weighted by Crippen LogP contribution is 2.13. The molecule has 0 aromatic heterocycles. The maximum absolute atomic E-state index is 12.3. The summed E-state index contributed by atoms with van der Waals surface area (Å²) < 4.78 is 5.14. The van der Waals surface area contributed by atoms with Crippen LogP contribution in [0.15, 0.2) is 24.3 Å². The summed E-state index contributed by atoms with van der Waals surface area (Å²) in [6.07, 6.45) is 0. The maximum Gasteiger partial charge on any atom is 0.236 e. The molecule has 124 valence electrons. The molecule has 1 atom stereocenters. The van der Waals surface area contributed by atoms with Gasteiger partial charge in [-0.2, -0.15) is 0 Å². The van der Waals surface area contributed by atoms with Crippen LogP contribution >= 0.6 is 12.4 Å². The topological polar surface area (TPSA) is 44.8 Å². The van der Waals surface area contributed by atoms with Crippen LogP contribution in [-0.4, -0.2) is 62.1 Å². The van der Waals surface area contributed by atoms with Crippen LogP contribution in [0.3, 0.4) is 0 Å². The molecule has 1 saturated heterocycles.